The van der Waals surface area contributed by atoms with Gasteiger partial charge in [0.25, 0.3) is 0 Å². The van der Waals surface area contributed by atoms with Crippen LogP contribution in [-0.2, 0) is 9.47 Å². The molecule has 0 radical (unpaired) electrons. The van der Waals surface area contributed by atoms with E-state index in [-0.39, 0.29) is 0 Å². The van der Waals surface area contributed by atoms with Crippen molar-refractivity contribution in [3.8, 4) is 17.1 Å². The number of nitrogen functional groups attached to an aromatic ring is 1. The number of methoxy groups -OCH3 is 1. The van der Waals surface area contributed by atoms with Gasteiger partial charge in [-0.15, -0.1) is 0 Å². The van der Waals surface area contributed by atoms with E-state index in [9.17, 15) is 0 Å². The van der Waals surface area contributed by atoms with Crippen LogP contribution in [0.1, 0.15) is 0 Å². The van der Waals surface area contributed by atoms with Crippen LogP contribution in [0.2, 0.25) is 0 Å². The van der Waals surface area contributed by atoms with Crippen LogP contribution in [0.4, 0.5) is 17.7 Å². The van der Waals surface area contributed by atoms with E-state index in [0.717, 1.165) is 26.2 Å². The molecule has 144 valence electrons. The second-order valence-corrected chi connectivity index (χ2v) is 6.27. The average Bonchev–Trinajstić information content (AvgIpc) is 2.74. The summed E-state index contributed by atoms with van der Waals surface area (Å²) < 4.78 is 16.4. The first kappa shape index (κ1) is 17.7. The molecule has 2 aliphatic heterocycles. The SMILES string of the molecule is COc1cc(N)ncc1-c1nc(N2CCOCC2)nc(N2CCOCC2)n1. The lowest BCUT2D eigenvalue weighted by molar-refractivity contribution is 0.121. The van der Waals surface area contributed by atoms with Crippen molar-refractivity contribution >= 4 is 17.7 Å². The molecule has 0 aromatic carbocycles. The van der Waals surface area contributed by atoms with E-state index in [1.165, 1.54) is 0 Å². The average molecular weight is 373 g/mol. The van der Waals surface area contributed by atoms with E-state index in [1.807, 2.05) is 0 Å². The van der Waals surface area contributed by atoms with Gasteiger partial charge >= 0.3 is 0 Å². The summed E-state index contributed by atoms with van der Waals surface area (Å²) in [5.41, 5.74) is 6.47. The van der Waals surface area contributed by atoms with Crippen molar-refractivity contribution in [1.29, 1.82) is 0 Å². The van der Waals surface area contributed by atoms with Gasteiger partial charge < -0.3 is 29.7 Å². The molecule has 0 atom stereocenters. The van der Waals surface area contributed by atoms with Crippen molar-refractivity contribution < 1.29 is 14.2 Å². The van der Waals surface area contributed by atoms with Crippen LogP contribution in [0.25, 0.3) is 11.4 Å². The smallest absolute Gasteiger partial charge is 0.230 e. The minimum Gasteiger partial charge on any atom is -0.496 e. The number of morpholine rings is 2. The van der Waals surface area contributed by atoms with Gasteiger partial charge in [-0.2, -0.15) is 15.0 Å². The van der Waals surface area contributed by atoms with E-state index in [2.05, 4.69) is 24.8 Å². The molecule has 0 bridgehead atoms. The summed E-state index contributed by atoms with van der Waals surface area (Å²) >= 11 is 0. The Kier molecular flexibility index (Phi) is 5.16. The highest BCUT2D eigenvalue weighted by Gasteiger charge is 2.22. The topological polar surface area (TPSA) is 112 Å². The Bertz CT molecular complexity index is 756. The Labute approximate surface area is 157 Å². The third kappa shape index (κ3) is 3.86. The van der Waals surface area contributed by atoms with Crippen molar-refractivity contribution in [1.82, 2.24) is 19.9 Å². The van der Waals surface area contributed by atoms with Gasteiger partial charge in [-0.3, -0.25) is 0 Å². The monoisotopic (exact) mass is 373 g/mol. The Morgan fingerprint density at radius 3 is 2.00 bits per heavy atom. The number of ether oxygens (including phenoxy) is 3. The molecule has 0 saturated carbocycles. The molecule has 10 nitrogen and oxygen atoms in total. The van der Waals surface area contributed by atoms with Crippen LogP contribution < -0.4 is 20.3 Å². The van der Waals surface area contributed by atoms with Crippen molar-refractivity contribution in [2.45, 2.75) is 0 Å². The second-order valence-electron chi connectivity index (χ2n) is 6.27. The van der Waals surface area contributed by atoms with Crippen LogP contribution in [0.3, 0.4) is 0 Å². The quantitative estimate of drug-likeness (QED) is 0.797. The van der Waals surface area contributed by atoms with Gasteiger partial charge in [0.15, 0.2) is 5.82 Å². The maximum absolute atomic E-state index is 5.79. The summed E-state index contributed by atoms with van der Waals surface area (Å²) in [5.74, 6) is 2.73. The maximum Gasteiger partial charge on any atom is 0.230 e. The fourth-order valence-electron chi connectivity index (χ4n) is 3.07. The molecule has 27 heavy (non-hydrogen) atoms. The van der Waals surface area contributed by atoms with E-state index in [0.29, 0.717) is 61.3 Å². The summed E-state index contributed by atoms with van der Waals surface area (Å²) in [6, 6.07) is 1.67. The molecule has 0 unspecified atom stereocenters. The third-order valence-corrected chi connectivity index (χ3v) is 4.55. The number of rotatable bonds is 4. The van der Waals surface area contributed by atoms with E-state index in [4.69, 9.17) is 24.9 Å². The summed E-state index contributed by atoms with van der Waals surface area (Å²) in [6.45, 7) is 5.57. The Morgan fingerprint density at radius 1 is 0.926 bits per heavy atom. The molecule has 4 rings (SSSR count). The molecule has 2 N–H and O–H groups in total. The molecular formula is C17H23N7O3. The number of nitrogens with two attached hydrogens (primary N) is 1. The van der Waals surface area contributed by atoms with Crippen molar-refractivity contribution in [3.05, 3.63) is 12.3 Å². The largest absolute Gasteiger partial charge is 0.496 e. The Morgan fingerprint density at radius 2 is 1.48 bits per heavy atom. The minimum absolute atomic E-state index is 0.381. The van der Waals surface area contributed by atoms with E-state index >= 15 is 0 Å². The van der Waals surface area contributed by atoms with Gasteiger partial charge in [-0.05, 0) is 0 Å². The first-order valence-electron chi connectivity index (χ1n) is 8.96. The third-order valence-electron chi connectivity index (χ3n) is 4.55. The van der Waals surface area contributed by atoms with Crippen molar-refractivity contribution in [2.75, 3.05) is 75.2 Å². The highest BCUT2D eigenvalue weighted by Crippen LogP contribution is 2.30. The predicted octanol–water partition coefficient (Wildman–Crippen LogP) is 0.198. The predicted molar refractivity (Wildman–Crippen MR) is 100 cm³/mol. The fraction of sp³-hybridized carbons (Fsp3) is 0.529. The first-order valence-corrected chi connectivity index (χ1v) is 8.96. The lowest BCUT2D eigenvalue weighted by atomic mass is 10.2. The number of hydrogen-bond acceptors (Lipinski definition) is 10. The Hall–Kier alpha value is -2.72. The summed E-state index contributed by atoms with van der Waals surface area (Å²) in [6.07, 6.45) is 1.63. The zero-order valence-electron chi connectivity index (χ0n) is 15.3. The first-order chi connectivity index (χ1) is 13.2. The lowest BCUT2D eigenvalue weighted by Gasteiger charge is -2.30. The van der Waals surface area contributed by atoms with Gasteiger partial charge in [0, 0.05) is 38.4 Å². The maximum atomic E-state index is 5.79. The molecule has 0 amide bonds. The normalized spacial score (nSPS) is 17.8. The molecule has 4 heterocycles. The molecule has 2 aromatic rings. The van der Waals surface area contributed by atoms with Crippen molar-refractivity contribution in [3.63, 3.8) is 0 Å². The van der Waals surface area contributed by atoms with Crippen LogP contribution in [0.5, 0.6) is 5.75 Å². The summed E-state index contributed by atoms with van der Waals surface area (Å²) in [5, 5.41) is 0. The van der Waals surface area contributed by atoms with Gasteiger partial charge in [-0.25, -0.2) is 4.98 Å². The number of pyridine rings is 1. The minimum atomic E-state index is 0.381. The molecule has 2 aromatic heterocycles. The second kappa shape index (κ2) is 7.89. The number of hydrogen-bond donors (Lipinski definition) is 1. The van der Waals surface area contributed by atoms with E-state index < -0.39 is 0 Å². The zero-order valence-corrected chi connectivity index (χ0v) is 15.3. The summed E-state index contributed by atoms with van der Waals surface area (Å²) in [7, 11) is 1.59. The van der Waals surface area contributed by atoms with Crippen LogP contribution >= 0.6 is 0 Å². The van der Waals surface area contributed by atoms with Gasteiger partial charge in [0.05, 0.1) is 39.1 Å². The van der Waals surface area contributed by atoms with Crippen molar-refractivity contribution in [2.24, 2.45) is 0 Å². The van der Waals surface area contributed by atoms with E-state index in [1.54, 1.807) is 19.4 Å². The van der Waals surface area contributed by atoms with Gasteiger partial charge in [-0.1, -0.05) is 0 Å². The molecule has 2 saturated heterocycles. The highest BCUT2D eigenvalue weighted by molar-refractivity contribution is 5.67. The number of anilines is 3. The Balaban J connectivity index is 1.77. The van der Waals surface area contributed by atoms with Crippen LogP contribution in [0.15, 0.2) is 12.3 Å². The summed E-state index contributed by atoms with van der Waals surface area (Å²) in [4.78, 5) is 22.5. The molecule has 2 fully saturated rings. The standard InChI is InChI=1S/C17H23N7O3/c1-25-13-10-14(18)19-11-12(13)15-20-16(23-2-6-26-7-3-23)22-17(21-15)24-4-8-27-9-5-24/h10-11H,2-9H2,1H3,(H2,18,19). The molecule has 0 aliphatic carbocycles. The number of aromatic nitrogens is 4. The van der Waals surface area contributed by atoms with Crippen LogP contribution in [0, 0.1) is 0 Å². The molecule has 2 aliphatic rings. The lowest BCUT2D eigenvalue weighted by Crippen LogP contribution is -2.40. The zero-order chi connectivity index (χ0) is 18.6. The van der Waals surface area contributed by atoms with Gasteiger partial charge in [0.1, 0.15) is 11.6 Å². The fourth-order valence-corrected chi connectivity index (χ4v) is 3.07. The number of nitrogens with zero attached hydrogens (tertiary/aromatic N) is 6. The molecule has 0 spiro atoms. The highest BCUT2D eigenvalue weighted by atomic mass is 16.5. The van der Waals surface area contributed by atoms with Crippen LogP contribution in [-0.4, -0.2) is 79.7 Å². The molecule has 10 heteroatoms. The molecular weight excluding hydrogens is 350 g/mol. The van der Waals surface area contributed by atoms with Gasteiger partial charge in [0.2, 0.25) is 11.9 Å².